The fourth-order valence-electron chi connectivity index (χ4n) is 3.32. The van der Waals surface area contributed by atoms with Gasteiger partial charge in [-0.05, 0) is 11.4 Å². The monoisotopic (exact) mass is 299 g/mol. The van der Waals surface area contributed by atoms with Gasteiger partial charge in [0.05, 0.1) is 25.2 Å². The van der Waals surface area contributed by atoms with E-state index < -0.39 is 48.1 Å². The highest BCUT2D eigenvalue weighted by Crippen LogP contribution is 2.58. The number of methoxy groups -OCH3 is 2. The first-order valence-corrected chi connectivity index (χ1v) is 6.48. The molecule has 0 heterocycles. The predicted octanol–water partition coefficient (Wildman–Crippen LogP) is 0.0217. The molecule has 9 nitrogen and oxygen atoms in total. The van der Waals surface area contributed by atoms with E-state index in [1.54, 1.807) is 0 Å². The summed E-state index contributed by atoms with van der Waals surface area (Å²) in [5, 5.41) is 13.8. The molecule has 2 saturated carbocycles. The average molecular weight is 299 g/mol. The van der Waals surface area contributed by atoms with E-state index in [0.717, 1.165) is 0 Å². The van der Waals surface area contributed by atoms with Crippen LogP contribution >= 0.6 is 0 Å². The molecule has 7 atom stereocenters. The molecule has 2 aliphatic carbocycles. The fourth-order valence-corrected chi connectivity index (χ4v) is 3.32. The van der Waals surface area contributed by atoms with Crippen molar-refractivity contribution in [3.63, 3.8) is 0 Å². The lowest BCUT2D eigenvalue weighted by molar-refractivity contribution is -0.170. The molecule has 2 aliphatic rings. The molecule has 1 N–H and O–H groups in total. The molecule has 0 aromatic heterocycles. The fraction of sp³-hybridized carbons (Fsp3) is 0.833. The molecule has 0 amide bonds. The number of fused-ring (bicyclic) bond motifs is 1. The lowest BCUT2D eigenvalue weighted by Gasteiger charge is -2.36. The molecule has 0 aliphatic heterocycles. The molecule has 0 aromatic rings. The minimum atomic E-state index is -1.16. The summed E-state index contributed by atoms with van der Waals surface area (Å²) in [4.78, 5) is 25.8. The third-order valence-electron chi connectivity index (χ3n) is 4.15. The van der Waals surface area contributed by atoms with Gasteiger partial charge in [-0.3, -0.25) is 9.59 Å². The van der Waals surface area contributed by atoms with Crippen LogP contribution in [0.3, 0.4) is 0 Å². The Morgan fingerprint density at radius 1 is 1.24 bits per heavy atom. The van der Waals surface area contributed by atoms with Crippen LogP contribution in [-0.2, 0) is 23.8 Å². The van der Waals surface area contributed by atoms with Crippen molar-refractivity contribution in [1.29, 1.82) is 0 Å². The van der Waals surface area contributed by atoms with E-state index in [0.29, 0.717) is 0 Å². The van der Waals surface area contributed by atoms with Gasteiger partial charge in [-0.1, -0.05) is 5.11 Å². The SMILES string of the molecule is COC(=O)[C@@H]1[C@H]2[C@@H](N=[N+]=[N-])[C@H](O)[C@@H](OC)[C@H](OC(C)=O)[C@@H]12. The molecule has 116 valence electrons. The third kappa shape index (κ3) is 2.55. The number of aliphatic hydroxyl groups excluding tert-OH is 1. The summed E-state index contributed by atoms with van der Waals surface area (Å²) in [5.41, 5.74) is 8.63. The number of hydrogen-bond acceptors (Lipinski definition) is 7. The van der Waals surface area contributed by atoms with Gasteiger partial charge in [-0.25, -0.2) is 0 Å². The summed E-state index contributed by atoms with van der Waals surface area (Å²) >= 11 is 0. The Bertz CT molecular complexity index is 491. The molecule has 9 heteroatoms. The number of rotatable bonds is 4. The summed E-state index contributed by atoms with van der Waals surface area (Å²) in [6.45, 7) is 1.24. The summed E-state index contributed by atoms with van der Waals surface area (Å²) in [6.07, 6.45) is -2.80. The number of carbonyl (C=O) groups is 2. The second-order valence-corrected chi connectivity index (χ2v) is 5.16. The van der Waals surface area contributed by atoms with E-state index in [2.05, 4.69) is 10.0 Å². The summed E-state index contributed by atoms with van der Waals surface area (Å²) in [5.74, 6) is -2.40. The van der Waals surface area contributed by atoms with Gasteiger partial charge in [0.2, 0.25) is 0 Å². The van der Waals surface area contributed by atoms with Gasteiger partial charge in [0.25, 0.3) is 0 Å². The largest absolute Gasteiger partial charge is 0.469 e. The standard InChI is InChI=1S/C12H17N3O6/c1-4(16)21-10-6-5(7(6)12(18)20-3)8(14-15-13)9(17)11(10)19-2/h5-11,17H,1-3H3/t5-,6+,7+,8+,9-,10+,11+/m0/s1. The molecule has 2 fully saturated rings. The molecule has 0 aromatic carbocycles. The molecule has 0 spiro atoms. The second kappa shape index (κ2) is 5.88. The minimum Gasteiger partial charge on any atom is -0.469 e. The van der Waals surface area contributed by atoms with Gasteiger partial charge < -0.3 is 19.3 Å². The van der Waals surface area contributed by atoms with Crippen molar-refractivity contribution in [2.75, 3.05) is 14.2 Å². The maximum atomic E-state index is 11.8. The first kappa shape index (κ1) is 15.6. The predicted molar refractivity (Wildman–Crippen MR) is 67.8 cm³/mol. The van der Waals surface area contributed by atoms with E-state index in [1.165, 1.54) is 21.1 Å². The van der Waals surface area contributed by atoms with Crippen LogP contribution in [0.1, 0.15) is 6.92 Å². The normalized spacial score (nSPS) is 40.5. The van der Waals surface area contributed by atoms with Crippen LogP contribution < -0.4 is 0 Å². The van der Waals surface area contributed by atoms with Crippen molar-refractivity contribution >= 4 is 11.9 Å². The van der Waals surface area contributed by atoms with Crippen LogP contribution in [0.25, 0.3) is 10.4 Å². The number of nitrogens with zero attached hydrogens (tertiary/aromatic N) is 3. The highest BCUT2D eigenvalue weighted by atomic mass is 16.6. The number of esters is 2. The van der Waals surface area contributed by atoms with Crippen LogP contribution in [-0.4, -0.2) is 55.6 Å². The summed E-state index contributed by atoms with van der Waals surface area (Å²) in [6, 6.07) is -0.819. The highest BCUT2D eigenvalue weighted by molar-refractivity contribution is 5.77. The molecular weight excluding hydrogens is 282 g/mol. The Morgan fingerprint density at radius 2 is 1.90 bits per heavy atom. The smallest absolute Gasteiger partial charge is 0.309 e. The molecule has 0 radical (unpaired) electrons. The molecule has 21 heavy (non-hydrogen) atoms. The summed E-state index contributed by atoms with van der Waals surface area (Å²) < 4.78 is 15.1. The van der Waals surface area contributed by atoms with Gasteiger partial charge in [0, 0.05) is 24.9 Å². The Balaban J connectivity index is 2.33. The first-order valence-electron chi connectivity index (χ1n) is 6.48. The Kier molecular flexibility index (Phi) is 4.36. The zero-order valence-electron chi connectivity index (χ0n) is 11.9. The van der Waals surface area contributed by atoms with E-state index in [1.807, 2.05) is 0 Å². The molecular formula is C12H17N3O6. The van der Waals surface area contributed by atoms with Crippen LogP contribution in [0.2, 0.25) is 0 Å². The number of aliphatic hydroxyl groups is 1. The van der Waals surface area contributed by atoms with Crippen molar-refractivity contribution in [1.82, 2.24) is 0 Å². The van der Waals surface area contributed by atoms with E-state index in [9.17, 15) is 14.7 Å². The third-order valence-corrected chi connectivity index (χ3v) is 4.15. The maximum Gasteiger partial charge on any atom is 0.309 e. The summed E-state index contributed by atoms with van der Waals surface area (Å²) in [7, 11) is 2.60. The van der Waals surface area contributed by atoms with Crippen LogP contribution in [0.15, 0.2) is 5.11 Å². The van der Waals surface area contributed by atoms with E-state index in [4.69, 9.17) is 19.7 Å². The minimum absolute atomic E-state index is 0.384. The van der Waals surface area contributed by atoms with Gasteiger partial charge in [-0.15, -0.1) is 0 Å². The zero-order valence-corrected chi connectivity index (χ0v) is 11.9. The molecule has 0 unspecified atom stereocenters. The van der Waals surface area contributed by atoms with Crippen LogP contribution in [0.4, 0.5) is 0 Å². The van der Waals surface area contributed by atoms with Gasteiger partial charge >= 0.3 is 11.9 Å². The molecule has 2 rings (SSSR count). The van der Waals surface area contributed by atoms with Crippen LogP contribution in [0.5, 0.6) is 0 Å². The van der Waals surface area contributed by atoms with Crippen molar-refractivity contribution in [3.05, 3.63) is 10.4 Å². The highest BCUT2D eigenvalue weighted by Gasteiger charge is 2.70. The van der Waals surface area contributed by atoms with Crippen molar-refractivity contribution in [2.24, 2.45) is 22.9 Å². The topological polar surface area (TPSA) is 131 Å². The number of carbonyl (C=O) groups excluding carboxylic acids is 2. The second-order valence-electron chi connectivity index (χ2n) is 5.16. The van der Waals surface area contributed by atoms with E-state index in [-0.39, 0.29) is 5.92 Å². The average Bonchev–Trinajstić information content (AvgIpc) is 3.17. The maximum absolute atomic E-state index is 11.8. The molecule has 0 saturated heterocycles. The van der Waals surface area contributed by atoms with Crippen molar-refractivity contribution in [2.45, 2.75) is 31.3 Å². The Labute approximate surface area is 120 Å². The van der Waals surface area contributed by atoms with Gasteiger partial charge in [0.1, 0.15) is 12.2 Å². The van der Waals surface area contributed by atoms with E-state index >= 15 is 0 Å². The van der Waals surface area contributed by atoms with Crippen molar-refractivity contribution < 1.29 is 28.9 Å². The number of hydrogen-bond donors (Lipinski definition) is 1. The molecule has 0 bridgehead atoms. The lowest BCUT2D eigenvalue weighted by atomic mass is 9.88. The number of azide groups is 1. The lowest BCUT2D eigenvalue weighted by Crippen LogP contribution is -2.52. The Morgan fingerprint density at radius 3 is 2.38 bits per heavy atom. The van der Waals surface area contributed by atoms with Gasteiger partial charge in [0.15, 0.2) is 0 Å². The van der Waals surface area contributed by atoms with Crippen LogP contribution in [0, 0.1) is 17.8 Å². The van der Waals surface area contributed by atoms with Crippen molar-refractivity contribution in [3.8, 4) is 0 Å². The quantitative estimate of drug-likeness (QED) is 0.337. The number of ether oxygens (including phenoxy) is 3. The first-order chi connectivity index (χ1) is 9.97. The zero-order chi connectivity index (χ0) is 15.7. The van der Waals surface area contributed by atoms with Gasteiger partial charge in [-0.2, -0.15) is 0 Å². The Hall–Kier alpha value is -1.83.